The third kappa shape index (κ3) is 2.29. The van der Waals surface area contributed by atoms with Gasteiger partial charge in [0.1, 0.15) is 0 Å². The Bertz CT molecular complexity index is 228. The van der Waals surface area contributed by atoms with Crippen LogP contribution < -0.4 is 5.43 Å². The fourth-order valence-electron chi connectivity index (χ4n) is 1.87. The van der Waals surface area contributed by atoms with Gasteiger partial charge in [0.2, 0.25) is 5.91 Å². The number of nitrogens with zero attached hydrogens (tertiary/aromatic N) is 1. The lowest BCUT2D eigenvalue weighted by molar-refractivity contribution is -0.127. The maximum Gasteiger partial charge on any atom is 0.243 e. The van der Waals surface area contributed by atoms with Crippen molar-refractivity contribution in [1.82, 2.24) is 5.43 Å². The molecule has 2 unspecified atom stereocenters. The minimum atomic E-state index is 0.0358. The summed E-state index contributed by atoms with van der Waals surface area (Å²) in [4.78, 5) is 11.4. The first-order valence-electron chi connectivity index (χ1n) is 4.74. The second-order valence-corrected chi connectivity index (χ2v) is 4.78. The molecule has 0 aromatic heterocycles. The summed E-state index contributed by atoms with van der Waals surface area (Å²) < 4.78 is 0. The summed E-state index contributed by atoms with van der Waals surface area (Å²) in [6.07, 6.45) is 2.68. The van der Waals surface area contributed by atoms with E-state index >= 15 is 0 Å². The van der Waals surface area contributed by atoms with E-state index in [4.69, 9.17) is 0 Å². The molecule has 0 saturated carbocycles. The SMILES string of the molecule is CC1C(=O)NN=CCC1C(C)(C)C. The van der Waals surface area contributed by atoms with Crippen LogP contribution >= 0.6 is 0 Å². The molecule has 1 heterocycles. The van der Waals surface area contributed by atoms with Gasteiger partial charge in [0, 0.05) is 12.1 Å². The van der Waals surface area contributed by atoms with E-state index < -0.39 is 0 Å². The molecule has 0 spiro atoms. The van der Waals surface area contributed by atoms with Crippen molar-refractivity contribution in [3.8, 4) is 0 Å². The Balaban J connectivity index is 2.83. The number of nitrogens with one attached hydrogen (secondary N) is 1. The van der Waals surface area contributed by atoms with Crippen LogP contribution in [-0.4, -0.2) is 12.1 Å². The zero-order valence-electron chi connectivity index (χ0n) is 8.79. The molecule has 1 rings (SSSR count). The Labute approximate surface area is 79.6 Å². The van der Waals surface area contributed by atoms with Gasteiger partial charge < -0.3 is 0 Å². The molecule has 0 aromatic carbocycles. The zero-order valence-corrected chi connectivity index (χ0v) is 8.79. The first-order valence-corrected chi connectivity index (χ1v) is 4.74. The number of amides is 1. The molecule has 1 aliphatic heterocycles. The van der Waals surface area contributed by atoms with Crippen LogP contribution in [0.2, 0.25) is 0 Å². The van der Waals surface area contributed by atoms with Crippen molar-refractivity contribution in [3.05, 3.63) is 0 Å². The Morgan fingerprint density at radius 3 is 2.69 bits per heavy atom. The van der Waals surface area contributed by atoms with Gasteiger partial charge in [0.05, 0.1) is 0 Å². The number of carbonyl (C=O) groups is 1. The Hall–Kier alpha value is -0.860. The van der Waals surface area contributed by atoms with Gasteiger partial charge in [-0.25, -0.2) is 5.43 Å². The largest absolute Gasteiger partial charge is 0.273 e. The van der Waals surface area contributed by atoms with Gasteiger partial charge in [-0.1, -0.05) is 27.7 Å². The molecule has 1 N–H and O–H groups in total. The fraction of sp³-hybridized carbons (Fsp3) is 0.800. The molecule has 3 heteroatoms. The standard InChI is InChI=1S/C10H18N2O/c1-7-8(10(2,3)4)5-6-11-12-9(7)13/h6-8H,5H2,1-4H3,(H,12,13). The predicted octanol–water partition coefficient (Wildman–Crippen LogP) is 1.79. The van der Waals surface area contributed by atoms with Crippen LogP contribution in [0.5, 0.6) is 0 Å². The molecule has 0 fully saturated rings. The number of rotatable bonds is 0. The van der Waals surface area contributed by atoms with Crippen molar-refractivity contribution >= 4 is 12.1 Å². The number of hydrazone groups is 1. The lowest BCUT2D eigenvalue weighted by Gasteiger charge is -2.32. The monoisotopic (exact) mass is 182 g/mol. The van der Waals surface area contributed by atoms with E-state index in [0.29, 0.717) is 5.92 Å². The summed E-state index contributed by atoms with van der Waals surface area (Å²) in [7, 11) is 0. The fourth-order valence-corrected chi connectivity index (χ4v) is 1.87. The highest BCUT2D eigenvalue weighted by molar-refractivity contribution is 5.81. The van der Waals surface area contributed by atoms with Gasteiger partial charge in [-0.15, -0.1) is 0 Å². The second-order valence-electron chi connectivity index (χ2n) is 4.78. The topological polar surface area (TPSA) is 41.5 Å². The first-order chi connectivity index (χ1) is 5.93. The first kappa shape index (κ1) is 10.2. The predicted molar refractivity (Wildman–Crippen MR) is 53.4 cm³/mol. The van der Waals surface area contributed by atoms with Crippen molar-refractivity contribution in [2.75, 3.05) is 0 Å². The van der Waals surface area contributed by atoms with Crippen LogP contribution in [0.4, 0.5) is 0 Å². The third-order valence-corrected chi connectivity index (χ3v) is 2.75. The van der Waals surface area contributed by atoms with Crippen LogP contribution in [-0.2, 0) is 4.79 Å². The van der Waals surface area contributed by atoms with Crippen molar-refractivity contribution in [3.63, 3.8) is 0 Å². The van der Waals surface area contributed by atoms with Crippen LogP contribution in [0, 0.1) is 17.3 Å². The molecule has 0 radical (unpaired) electrons. The highest BCUT2D eigenvalue weighted by Crippen LogP contribution is 2.34. The van der Waals surface area contributed by atoms with Crippen molar-refractivity contribution in [2.24, 2.45) is 22.4 Å². The highest BCUT2D eigenvalue weighted by Gasteiger charge is 2.33. The maximum absolute atomic E-state index is 11.4. The number of carbonyl (C=O) groups excluding carboxylic acids is 1. The molecular formula is C10H18N2O. The normalized spacial score (nSPS) is 29.7. The molecule has 1 amide bonds. The summed E-state index contributed by atoms with van der Waals surface area (Å²) in [5.41, 5.74) is 2.69. The summed E-state index contributed by atoms with van der Waals surface area (Å²) in [6, 6.07) is 0. The number of hydrogen-bond acceptors (Lipinski definition) is 2. The average Bonchev–Trinajstić information content (AvgIpc) is 2.14. The van der Waals surface area contributed by atoms with Gasteiger partial charge >= 0.3 is 0 Å². The summed E-state index contributed by atoms with van der Waals surface area (Å²) >= 11 is 0. The molecule has 0 saturated heterocycles. The van der Waals surface area contributed by atoms with E-state index in [1.807, 2.05) is 6.92 Å². The van der Waals surface area contributed by atoms with E-state index in [1.165, 1.54) is 0 Å². The summed E-state index contributed by atoms with van der Waals surface area (Å²) in [5, 5.41) is 3.84. The molecule has 13 heavy (non-hydrogen) atoms. The second kappa shape index (κ2) is 3.48. The van der Waals surface area contributed by atoms with Gasteiger partial charge in [0.15, 0.2) is 0 Å². The van der Waals surface area contributed by atoms with Crippen molar-refractivity contribution in [1.29, 1.82) is 0 Å². The third-order valence-electron chi connectivity index (χ3n) is 2.75. The molecule has 2 atom stereocenters. The number of hydrogen-bond donors (Lipinski definition) is 1. The van der Waals surface area contributed by atoms with E-state index in [-0.39, 0.29) is 17.2 Å². The summed E-state index contributed by atoms with van der Waals surface area (Å²) in [6.45, 7) is 8.47. The van der Waals surface area contributed by atoms with E-state index in [0.717, 1.165) is 6.42 Å². The van der Waals surface area contributed by atoms with E-state index in [2.05, 4.69) is 31.3 Å². The molecular weight excluding hydrogens is 164 g/mol. The van der Waals surface area contributed by atoms with Crippen molar-refractivity contribution < 1.29 is 4.79 Å². The lowest BCUT2D eigenvalue weighted by Crippen LogP contribution is -2.34. The Kier molecular flexibility index (Phi) is 2.74. The van der Waals surface area contributed by atoms with Crippen LogP contribution in [0.1, 0.15) is 34.1 Å². The molecule has 3 nitrogen and oxygen atoms in total. The van der Waals surface area contributed by atoms with Crippen LogP contribution in [0.25, 0.3) is 0 Å². The summed E-state index contributed by atoms with van der Waals surface area (Å²) in [5.74, 6) is 0.454. The smallest absolute Gasteiger partial charge is 0.243 e. The molecule has 0 aliphatic carbocycles. The lowest BCUT2D eigenvalue weighted by atomic mass is 9.72. The van der Waals surface area contributed by atoms with Crippen molar-refractivity contribution in [2.45, 2.75) is 34.1 Å². The highest BCUT2D eigenvalue weighted by atomic mass is 16.2. The van der Waals surface area contributed by atoms with E-state index in [9.17, 15) is 4.79 Å². The zero-order chi connectivity index (χ0) is 10.1. The van der Waals surface area contributed by atoms with Gasteiger partial charge in [-0.05, 0) is 17.8 Å². The molecule has 1 aliphatic rings. The van der Waals surface area contributed by atoms with Crippen LogP contribution in [0.15, 0.2) is 5.10 Å². The Morgan fingerprint density at radius 1 is 1.54 bits per heavy atom. The minimum absolute atomic E-state index is 0.0358. The van der Waals surface area contributed by atoms with Gasteiger partial charge in [-0.3, -0.25) is 4.79 Å². The molecule has 0 bridgehead atoms. The minimum Gasteiger partial charge on any atom is -0.273 e. The van der Waals surface area contributed by atoms with Gasteiger partial charge in [-0.2, -0.15) is 5.10 Å². The quantitative estimate of drug-likeness (QED) is 0.609. The van der Waals surface area contributed by atoms with E-state index in [1.54, 1.807) is 6.21 Å². The molecule has 0 aromatic rings. The van der Waals surface area contributed by atoms with Gasteiger partial charge in [0.25, 0.3) is 0 Å². The maximum atomic E-state index is 11.4. The molecule has 74 valence electrons. The average molecular weight is 182 g/mol. The Morgan fingerprint density at radius 2 is 2.15 bits per heavy atom. The van der Waals surface area contributed by atoms with Crippen LogP contribution in [0.3, 0.4) is 0 Å².